The summed E-state index contributed by atoms with van der Waals surface area (Å²) >= 11 is 0. The minimum Gasteiger partial charge on any atom is -0.311 e. The Morgan fingerprint density at radius 3 is 0.529 bits per heavy atom. The van der Waals surface area contributed by atoms with E-state index in [1.807, 2.05) is 24.5 Å². The van der Waals surface area contributed by atoms with E-state index in [-0.39, 0.29) is 0 Å². The maximum absolute atomic E-state index is 4.18. The van der Waals surface area contributed by atoms with E-state index in [0.29, 0.717) is 0 Å². The molecular weight excluding hydrogens is 823 g/mol. The second kappa shape index (κ2) is 19.2. The summed E-state index contributed by atoms with van der Waals surface area (Å²) in [6.07, 6.45) is 3.67. The first-order valence-corrected chi connectivity index (χ1v) is 23.1. The number of hydrogen-bond donors (Lipinski definition) is 0. The molecule has 1 heterocycles. The first-order valence-electron chi connectivity index (χ1n) is 23.1. The highest BCUT2D eigenvalue weighted by Crippen LogP contribution is 2.40. The summed E-state index contributed by atoms with van der Waals surface area (Å²) in [7, 11) is 0. The molecule has 1 aromatic heterocycles. The number of rotatable bonds is 12. The monoisotopic (exact) mass is 869 g/mol. The predicted octanol–water partition coefficient (Wildman–Crippen LogP) is 18.0. The van der Waals surface area contributed by atoms with E-state index in [1.165, 1.54) is 50.1 Å². The van der Waals surface area contributed by atoms with Crippen molar-refractivity contribution in [3.8, 4) is 66.8 Å². The number of pyridine rings is 1. The van der Waals surface area contributed by atoms with Crippen LogP contribution >= 0.6 is 0 Å². The van der Waals surface area contributed by atoms with Gasteiger partial charge in [0.25, 0.3) is 0 Å². The number of anilines is 6. The van der Waals surface area contributed by atoms with Crippen molar-refractivity contribution in [2.24, 2.45) is 0 Å². The fraction of sp³-hybridized carbons (Fsp3) is 0. The van der Waals surface area contributed by atoms with Gasteiger partial charge in [-0.15, -0.1) is 0 Å². The van der Waals surface area contributed by atoms with Crippen LogP contribution in [0.3, 0.4) is 0 Å². The van der Waals surface area contributed by atoms with Crippen LogP contribution in [0, 0.1) is 0 Å². The van der Waals surface area contributed by atoms with Crippen LogP contribution in [0.1, 0.15) is 0 Å². The van der Waals surface area contributed by atoms with E-state index in [0.717, 1.165) is 50.8 Å². The number of aromatic nitrogens is 1. The fourth-order valence-corrected chi connectivity index (χ4v) is 9.00. The number of benzene rings is 10. The predicted molar refractivity (Wildman–Crippen MR) is 286 cm³/mol. The van der Waals surface area contributed by atoms with Crippen molar-refractivity contribution < 1.29 is 0 Å². The van der Waals surface area contributed by atoms with E-state index in [1.54, 1.807) is 0 Å². The van der Waals surface area contributed by atoms with Gasteiger partial charge in [0.1, 0.15) is 0 Å². The van der Waals surface area contributed by atoms with E-state index in [9.17, 15) is 0 Å². The topological polar surface area (TPSA) is 19.4 Å². The van der Waals surface area contributed by atoms with Gasteiger partial charge in [0.2, 0.25) is 0 Å². The molecule has 0 N–H and O–H groups in total. The highest BCUT2D eigenvalue weighted by atomic mass is 15.1. The van der Waals surface area contributed by atoms with E-state index in [4.69, 9.17) is 0 Å². The fourth-order valence-electron chi connectivity index (χ4n) is 9.00. The standard InChI is InChI=1S/C65H47N3/c1-4-10-48(11-5-1)53-20-32-60(33-21-53)67(61-34-22-54(23-35-61)49-12-6-2-7-13-49)64-40-28-57(29-41-64)58-30-42-65(43-31-58)68(62-36-24-55(25-37-62)50-14-8-3-9-15-50)63-38-26-56(27-39-63)51-16-18-52(19-17-51)59-44-46-66-47-45-59/h1-47H. The second-order valence-electron chi connectivity index (χ2n) is 16.9. The van der Waals surface area contributed by atoms with Crippen LogP contribution in [0.5, 0.6) is 0 Å². The van der Waals surface area contributed by atoms with Gasteiger partial charge in [-0.2, -0.15) is 0 Å². The van der Waals surface area contributed by atoms with Gasteiger partial charge >= 0.3 is 0 Å². The van der Waals surface area contributed by atoms with Crippen molar-refractivity contribution in [1.82, 2.24) is 4.98 Å². The Balaban J connectivity index is 0.892. The van der Waals surface area contributed by atoms with E-state index < -0.39 is 0 Å². The van der Waals surface area contributed by atoms with Crippen molar-refractivity contribution in [3.05, 3.63) is 285 Å². The van der Waals surface area contributed by atoms with Gasteiger partial charge < -0.3 is 9.80 Å². The third kappa shape index (κ3) is 8.97. The molecule has 0 aliphatic carbocycles. The molecule has 0 saturated carbocycles. The molecule has 0 spiro atoms. The SMILES string of the molecule is c1ccc(-c2ccc(N(c3ccc(-c4ccccc4)cc3)c3ccc(-c4ccc(N(c5ccc(-c6ccccc6)cc5)c5ccc(-c6ccc(-c7ccncc7)cc6)cc5)cc4)cc3)cc2)cc1. The number of hydrogen-bond acceptors (Lipinski definition) is 3. The average Bonchev–Trinajstić information content (AvgIpc) is 3.43. The summed E-state index contributed by atoms with van der Waals surface area (Å²) in [5.41, 5.74) is 20.7. The van der Waals surface area contributed by atoms with Gasteiger partial charge in [-0.25, -0.2) is 0 Å². The number of nitrogens with zero attached hydrogens (tertiary/aromatic N) is 3. The molecule has 322 valence electrons. The molecule has 0 aliphatic heterocycles. The van der Waals surface area contributed by atoms with Gasteiger partial charge in [0, 0.05) is 46.5 Å². The largest absolute Gasteiger partial charge is 0.311 e. The summed E-state index contributed by atoms with van der Waals surface area (Å²) in [6, 6.07) is 97.8. The van der Waals surface area contributed by atoms with Gasteiger partial charge in [-0.05, 0) is 152 Å². The highest BCUT2D eigenvalue weighted by molar-refractivity contribution is 5.84. The Hall–Kier alpha value is -9.05. The third-order valence-corrected chi connectivity index (χ3v) is 12.6. The molecule has 0 fully saturated rings. The molecule has 11 aromatic rings. The minimum absolute atomic E-state index is 1.08. The zero-order chi connectivity index (χ0) is 45.5. The van der Waals surface area contributed by atoms with Gasteiger partial charge in [0.05, 0.1) is 0 Å². The van der Waals surface area contributed by atoms with Crippen molar-refractivity contribution >= 4 is 34.1 Å². The lowest BCUT2D eigenvalue weighted by Gasteiger charge is -2.27. The lowest BCUT2D eigenvalue weighted by molar-refractivity contribution is 1.28. The smallest absolute Gasteiger partial charge is 0.0462 e. The van der Waals surface area contributed by atoms with Crippen LogP contribution in [-0.4, -0.2) is 4.98 Å². The Bertz CT molecular complexity index is 3260. The average molecular weight is 870 g/mol. The van der Waals surface area contributed by atoms with Crippen molar-refractivity contribution in [1.29, 1.82) is 0 Å². The van der Waals surface area contributed by atoms with Gasteiger partial charge in [-0.1, -0.05) is 188 Å². The molecule has 0 unspecified atom stereocenters. The normalized spacial score (nSPS) is 10.9. The molecule has 3 heteroatoms. The van der Waals surface area contributed by atoms with Crippen LogP contribution in [0.2, 0.25) is 0 Å². The quantitative estimate of drug-likeness (QED) is 0.122. The molecule has 0 radical (unpaired) electrons. The minimum atomic E-state index is 1.08. The van der Waals surface area contributed by atoms with E-state index >= 15 is 0 Å². The Morgan fingerprint density at radius 1 is 0.162 bits per heavy atom. The zero-order valence-corrected chi connectivity index (χ0v) is 37.5. The van der Waals surface area contributed by atoms with Crippen LogP contribution in [0.25, 0.3) is 66.8 Å². The molecule has 68 heavy (non-hydrogen) atoms. The maximum Gasteiger partial charge on any atom is 0.0462 e. The molecule has 0 bridgehead atoms. The lowest BCUT2D eigenvalue weighted by Crippen LogP contribution is -2.10. The maximum atomic E-state index is 4.18. The molecule has 0 saturated heterocycles. The van der Waals surface area contributed by atoms with E-state index in [2.05, 4.69) is 276 Å². The Labute approximate surface area is 399 Å². The van der Waals surface area contributed by atoms with Gasteiger partial charge in [-0.3, -0.25) is 4.98 Å². The molecule has 11 rings (SSSR count). The van der Waals surface area contributed by atoms with Crippen LogP contribution in [-0.2, 0) is 0 Å². The molecule has 0 amide bonds. The first kappa shape index (κ1) is 41.6. The van der Waals surface area contributed by atoms with Crippen molar-refractivity contribution in [3.63, 3.8) is 0 Å². The lowest BCUT2D eigenvalue weighted by atomic mass is 10.00. The summed E-state index contributed by atoms with van der Waals surface area (Å²) in [5.74, 6) is 0. The van der Waals surface area contributed by atoms with Crippen LogP contribution in [0.15, 0.2) is 285 Å². The summed E-state index contributed by atoms with van der Waals surface area (Å²) < 4.78 is 0. The van der Waals surface area contributed by atoms with Crippen LogP contribution in [0.4, 0.5) is 34.1 Å². The summed E-state index contributed by atoms with van der Waals surface area (Å²) in [4.78, 5) is 8.84. The van der Waals surface area contributed by atoms with Crippen molar-refractivity contribution in [2.75, 3.05) is 9.80 Å². The molecule has 3 nitrogen and oxygen atoms in total. The Morgan fingerprint density at radius 2 is 0.324 bits per heavy atom. The zero-order valence-electron chi connectivity index (χ0n) is 37.5. The first-order chi connectivity index (χ1) is 33.7. The molecular formula is C65H47N3. The molecule has 0 atom stereocenters. The van der Waals surface area contributed by atoms with Crippen LogP contribution < -0.4 is 9.80 Å². The summed E-state index contributed by atoms with van der Waals surface area (Å²) in [6.45, 7) is 0. The summed E-state index contributed by atoms with van der Waals surface area (Å²) in [5, 5.41) is 0. The van der Waals surface area contributed by atoms with Crippen molar-refractivity contribution in [2.45, 2.75) is 0 Å². The highest BCUT2D eigenvalue weighted by Gasteiger charge is 2.16. The molecule has 10 aromatic carbocycles. The Kier molecular flexibility index (Phi) is 11.8. The molecule has 0 aliphatic rings. The second-order valence-corrected chi connectivity index (χ2v) is 16.9. The third-order valence-electron chi connectivity index (χ3n) is 12.6. The van der Waals surface area contributed by atoms with Gasteiger partial charge in [0.15, 0.2) is 0 Å².